The number of benzene rings is 2. The summed E-state index contributed by atoms with van der Waals surface area (Å²) in [4.78, 5) is 24.4. The van der Waals surface area contributed by atoms with Crippen molar-refractivity contribution in [2.75, 3.05) is 6.61 Å². The SMILES string of the molecule is CCCC(=O)OC1C=CC(OCc2ccc(COCCC(C)(C)C(=O)Oc3ccccc3)cc2)=CC1(C)C. The normalized spacial score (nSPS) is 16.4. The second kappa shape index (κ2) is 13.4. The van der Waals surface area contributed by atoms with Crippen LogP contribution in [-0.2, 0) is 37.0 Å². The van der Waals surface area contributed by atoms with Crippen molar-refractivity contribution in [3.63, 3.8) is 0 Å². The number of rotatable bonds is 13. The Kier molecular flexibility index (Phi) is 10.3. The summed E-state index contributed by atoms with van der Waals surface area (Å²) in [5.41, 5.74) is 1.10. The van der Waals surface area contributed by atoms with E-state index in [9.17, 15) is 9.59 Å². The lowest BCUT2D eigenvalue weighted by Gasteiger charge is -2.32. The lowest BCUT2D eigenvalue weighted by molar-refractivity contribution is -0.150. The van der Waals surface area contributed by atoms with Crippen molar-refractivity contribution in [1.82, 2.24) is 0 Å². The summed E-state index contributed by atoms with van der Waals surface area (Å²) >= 11 is 0. The second-order valence-electron chi connectivity index (χ2n) is 10.9. The molecule has 1 unspecified atom stereocenters. The summed E-state index contributed by atoms with van der Waals surface area (Å²) < 4.78 is 22.9. The molecule has 0 aromatic heterocycles. The summed E-state index contributed by atoms with van der Waals surface area (Å²) in [6.07, 6.45) is 7.23. The molecule has 2 aromatic rings. The van der Waals surface area contributed by atoms with E-state index in [0.29, 0.717) is 38.4 Å². The highest BCUT2D eigenvalue weighted by molar-refractivity contribution is 5.78. The minimum absolute atomic E-state index is 0.175. The van der Waals surface area contributed by atoms with Crippen LogP contribution in [0.25, 0.3) is 0 Å². The predicted octanol–water partition coefficient (Wildman–Crippen LogP) is 6.93. The second-order valence-corrected chi connectivity index (χ2v) is 10.9. The van der Waals surface area contributed by atoms with Crippen molar-refractivity contribution in [2.45, 2.75) is 73.2 Å². The molecule has 3 rings (SSSR count). The molecular formula is C32H40O6. The van der Waals surface area contributed by atoms with Crippen LogP contribution in [-0.4, -0.2) is 24.6 Å². The van der Waals surface area contributed by atoms with E-state index in [4.69, 9.17) is 18.9 Å². The number of hydrogen-bond acceptors (Lipinski definition) is 6. The standard InChI is InChI=1S/C32H40O6/c1-6-10-29(33)38-28-18-17-27(21-32(28,4)5)36-23-25-15-13-24(14-16-25)22-35-20-19-31(2,3)30(34)37-26-11-8-7-9-12-26/h7-9,11-18,21,28H,6,10,19-20,22-23H2,1-5H3. The largest absolute Gasteiger partial charge is 0.489 e. The third-order valence-corrected chi connectivity index (χ3v) is 6.47. The molecule has 1 aliphatic carbocycles. The Balaban J connectivity index is 1.40. The van der Waals surface area contributed by atoms with Crippen LogP contribution in [0.1, 0.15) is 65.0 Å². The Labute approximate surface area is 226 Å². The number of carbonyl (C=O) groups excluding carboxylic acids is 2. The Bertz CT molecular complexity index is 1110. The van der Waals surface area contributed by atoms with Gasteiger partial charge in [0.25, 0.3) is 0 Å². The zero-order valence-electron chi connectivity index (χ0n) is 23.2. The molecule has 6 heteroatoms. The molecule has 0 amide bonds. The molecule has 0 spiro atoms. The van der Waals surface area contributed by atoms with Crippen molar-refractivity contribution in [1.29, 1.82) is 0 Å². The summed E-state index contributed by atoms with van der Waals surface area (Å²) in [5.74, 6) is 0.869. The molecule has 204 valence electrons. The molecule has 0 heterocycles. The highest BCUT2D eigenvalue weighted by atomic mass is 16.5. The summed E-state index contributed by atoms with van der Waals surface area (Å²) in [6, 6.07) is 17.2. The molecule has 2 aromatic carbocycles. The zero-order valence-corrected chi connectivity index (χ0v) is 23.2. The van der Waals surface area contributed by atoms with Crippen molar-refractivity contribution in [2.24, 2.45) is 10.8 Å². The van der Waals surface area contributed by atoms with E-state index in [0.717, 1.165) is 23.3 Å². The zero-order chi connectivity index (χ0) is 27.6. The van der Waals surface area contributed by atoms with E-state index in [1.54, 1.807) is 12.1 Å². The lowest BCUT2D eigenvalue weighted by Crippen LogP contribution is -2.33. The van der Waals surface area contributed by atoms with Gasteiger partial charge in [-0.3, -0.25) is 9.59 Å². The Morgan fingerprint density at radius 2 is 1.61 bits per heavy atom. The summed E-state index contributed by atoms with van der Waals surface area (Å²) in [6.45, 7) is 11.1. The minimum Gasteiger partial charge on any atom is -0.489 e. The highest BCUT2D eigenvalue weighted by Crippen LogP contribution is 2.33. The molecule has 0 radical (unpaired) electrons. The van der Waals surface area contributed by atoms with Crippen molar-refractivity contribution < 1.29 is 28.5 Å². The first-order valence-electron chi connectivity index (χ1n) is 13.3. The number of allylic oxidation sites excluding steroid dienone is 1. The van der Waals surface area contributed by atoms with Crippen LogP contribution in [0.2, 0.25) is 0 Å². The maximum atomic E-state index is 12.5. The van der Waals surface area contributed by atoms with Gasteiger partial charge >= 0.3 is 11.9 Å². The van der Waals surface area contributed by atoms with Crippen molar-refractivity contribution in [3.8, 4) is 5.75 Å². The lowest BCUT2D eigenvalue weighted by atomic mass is 9.82. The van der Waals surface area contributed by atoms with E-state index < -0.39 is 5.41 Å². The molecule has 38 heavy (non-hydrogen) atoms. The Morgan fingerprint density at radius 3 is 2.24 bits per heavy atom. The molecule has 0 saturated carbocycles. The van der Waals surface area contributed by atoms with Crippen LogP contribution >= 0.6 is 0 Å². The maximum absolute atomic E-state index is 12.5. The van der Waals surface area contributed by atoms with E-state index in [1.807, 2.05) is 95.3 Å². The van der Waals surface area contributed by atoms with Gasteiger partial charge in [-0.15, -0.1) is 0 Å². The first-order chi connectivity index (χ1) is 18.1. The van der Waals surface area contributed by atoms with Crippen LogP contribution in [0.3, 0.4) is 0 Å². The van der Waals surface area contributed by atoms with E-state index >= 15 is 0 Å². The average molecular weight is 521 g/mol. The van der Waals surface area contributed by atoms with Gasteiger partial charge in [-0.1, -0.05) is 63.2 Å². The first-order valence-corrected chi connectivity index (χ1v) is 13.3. The van der Waals surface area contributed by atoms with Crippen molar-refractivity contribution in [3.05, 3.63) is 89.7 Å². The van der Waals surface area contributed by atoms with Gasteiger partial charge in [0, 0.05) is 18.4 Å². The number of para-hydroxylation sites is 1. The molecule has 6 nitrogen and oxygen atoms in total. The number of hydrogen-bond donors (Lipinski definition) is 0. The van der Waals surface area contributed by atoms with Gasteiger partial charge in [0.15, 0.2) is 0 Å². The van der Waals surface area contributed by atoms with Gasteiger partial charge in [0.1, 0.15) is 24.2 Å². The fraction of sp³-hybridized carbons (Fsp3) is 0.438. The molecule has 0 saturated heterocycles. The molecule has 1 aliphatic rings. The fourth-order valence-electron chi connectivity index (χ4n) is 3.86. The van der Waals surface area contributed by atoms with Crippen LogP contribution in [0.15, 0.2) is 78.6 Å². The molecule has 0 aliphatic heterocycles. The fourth-order valence-corrected chi connectivity index (χ4v) is 3.86. The molecular weight excluding hydrogens is 480 g/mol. The van der Waals surface area contributed by atoms with Crippen molar-refractivity contribution >= 4 is 11.9 Å². The van der Waals surface area contributed by atoms with Crippen LogP contribution in [0, 0.1) is 10.8 Å². The Morgan fingerprint density at radius 1 is 0.947 bits per heavy atom. The molecule has 1 atom stereocenters. The van der Waals surface area contributed by atoms with Gasteiger partial charge in [-0.05, 0) is 68.2 Å². The smallest absolute Gasteiger partial charge is 0.316 e. The summed E-state index contributed by atoms with van der Waals surface area (Å²) in [5, 5.41) is 0. The van der Waals surface area contributed by atoms with E-state index in [1.165, 1.54) is 0 Å². The third-order valence-electron chi connectivity index (χ3n) is 6.47. The number of ether oxygens (including phenoxy) is 4. The maximum Gasteiger partial charge on any atom is 0.316 e. The predicted molar refractivity (Wildman–Crippen MR) is 147 cm³/mol. The number of esters is 2. The van der Waals surface area contributed by atoms with Gasteiger partial charge in [0.05, 0.1) is 12.0 Å². The monoisotopic (exact) mass is 520 g/mol. The van der Waals surface area contributed by atoms with Gasteiger partial charge in [-0.2, -0.15) is 0 Å². The van der Waals surface area contributed by atoms with Gasteiger partial charge in [0.2, 0.25) is 0 Å². The van der Waals surface area contributed by atoms with Gasteiger partial charge < -0.3 is 18.9 Å². The number of carbonyl (C=O) groups is 2. The molecule has 0 fully saturated rings. The van der Waals surface area contributed by atoms with E-state index in [-0.39, 0.29) is 23.5 Å². The van der Waals surface area contributed by atoms with Crippen LogP contribution in [0.4, 0.5) is 0 Å². The molecule has 0 N–H and O–H groups in total. The Hall–Kier alpha value is -3.38. The van der Waals surface area contributed by atoms with Crippen LogP contribution in [0.5, 0.6) is 5.75 Å². The topological polar surface area (TPSA) is 71.1 Å². The van der Waals surface area contributed by atoms with E-state index in [2.05, 4.69) is 0 Å². The quantitative estimate of drug-likeness (QED) is 0.162. The summed E-state index contributed by atoms with van der Waals surface area (Å²) in [7, 11) is 0. The highest BCUT2D eigenvalue weighted by Gasteiger charge is 2.32. The third kappa shape index (κ3) is 8.88. The van der Waals surface area contributed by atoms with Crippen LogP contribution < -0.4 is 4.74 Å². The average Bonchev–Trinajstić information content (AvgIpc) is 2.88. The molecule has 0 bridgehead atoms. The first kappa shape index (κ1) is 29.2. The van der Waals surface area contributed by atoms with Gasteiger partial charge in [-0.25, -0.2) is 0 Å². The minimum atomic E-state index is -0.648.